The number of benzene rings is 1. The summed E-state index contributed by atoms with van der Waals surface area (Å²) in [5.41, 5.74) is 2.62. The van der Waals surface area contributed by atoms with E-state index in [1.807, 2.05) is 0 Å². The van der Waals surface area contributed by atoms with E-state index < -0.39 is 5.79 Å². The maximum absolute atomic E-state index is 13.4. The summed E-state index contributed by atoms with van der Waals surface area (Å²) in [4.78, 5) is 19.7. The van der Waals surface area contributed by atoms with Gasteiger partial charge in [-0.2, -0.15) is 0 Å². The van der Waals surface area contributed by atoms with Gasteiger partial charge in [-0.1, -0.05) is 5.16 Å². The van der Waals surface area contributed by atoms with Crippen molar-refractivity contribution < 1.29 is 23.2 Å². The predicted molar refractivity (Wildman–Crippen MR) is 102 cm³/mol. The average Bonchev–Trinajstić information content (AvgIpc) is 3.35. The summed E-state index contributed by atoms with van der Waals surface area (Å²) < 4.78 is 30.2. The van der Waals surface area contributed by atoms with Crippen LogP contribution in [0.5, 0.6) is 0 Å². The highest BCUT2D eigenvalue weighted by Crippen LogP contribution is 2.33. The molecule has 5 rings (SSSR count). The lowest BCUT2D eigenvalue weighted by atomic mass is 10.0. The first-order valence-corrected chi connectivity index (χ1v) is 9.65. The zero-order chi connectivity index (χ0) is 20.0. The van der Waals surface area contributed by atoms with E-state index in [0.29, 0.717) is 72.8 Å². The molecule has 0 saturated carbocycles. The molecule has 0 N–H and O–H groups in total. The van der Waals surface area contributed by atoms with Gasteiger partial charge in [0, 0.05) is 31.5 Å². The third-order valence-electron chi connectivity index (χ3n) is 5.61. The Hall–Kier alpha value is -2.84. The standard InChI is InChI=1S/C21H20FN3O4/c1-13-18-16(20(26)25-8-6-21(7-9-25)27-10-11-28-21)12-17(23-19(18)29-24-13)14-2-4-15(22)5-3-14/h2-5,12H,6-11H2,1H3. The molecule has 1 spiro atoms. The smallest absolute Gasteiger partial charge is 0.259 e. The Balaban J connectivity index is 1.50. The van der Waals surface area contributed by atoms with E-state index in [4.69, 9.17) is 14.0 Å². The molecule has 1 amide bonds. The van der Waals surface area contributed by atoms with Crippen LogP contribution in [0.2, 0.25) is 0 Å². The lowest BCUT2D eigenvalue weighted by Crippen LogP contribution is -2.47. The van der Waals surface area contributed by atoms with Gasteiger partial charge in [0.15, 0.2) is 5.79 Å². The quantitative estimate of drug-likeness (QED) is 0.660. The van der Waals surface area contributed by atoms with Gasteiger partial charge in [0.05, 0.1) is 35.6 Å². The van der Waals surface area contributed by atoms with Gasteiger partial charge in [-0.3, -0.25) is 4.79 Å². The molecule has 3 aromatic rings. The van der Waals surface area contributed by atoms with Crippen LogP contribution in [-0.2, 0) is 9.47 Å². The van der Waals surface area contributed by atoms with E-state index >= 15 is 0 Å². The minimum atomic E-state index is -0.545. The first-order valence-electron chi connectivity index (χ1n) is 9.65. The zero-order valence-corrected chi connectivity index (χ0v) is 16.0. The molecule has 7 nitrogen and oxygen atoms in total. The molecule has 150 valence electrons. The van der Waals surface area contributed by atoms with Crippen molar-refractivity contribution >= 4 is 17.0 Å². The van der Waals surface area contributed by atoms with Gasteiger partial charge in [-0.15, -0.1) is 0 Å². The number of carbonyl (C=O) groups is 1. The van der Waals surface area contributed by atoms with Crippen LogP contribution in [0.1, 0.15) is 28.9 Å². The van der Waals surface area contributed by atoms with Gasteiger partial charge >= 0.3 is 0 Å². The Bertz CT molecular complexity index is 1060. The van der Waals surface area contributed by atoms with Gasteiger partial charge in [-0.25, -0.2) is 9.37 Å². The minimum Gasteiger partial charge on any atom is -0.347 e. The highest BCUT2D eigenvalue weighted by Gasteiger charge is 2.41. The van der Waals surface area contributed by atoms with Crippen molar-refractivity contribution in [2.45, 2.75) is 25.6 Å². The predicted octanol–water partition coefficient (Wildman–Crippen LogP) is 3.32. The van der Waals surface area contributed by atoms with E-state index in [-0.39, 0.29) is 11.7 Å². The summed E-state index contributed by atoms with van der Waals surface area (Å²) in [6.07, 6.45) is 1.28. The van der Waals surface area contributed by atoms with Crippen LogP contribution < -0.4 is 0 Å². The fourth-order valence-electron chi connectivity index (χ4n) is 4.04. The van der Waals surface area contributed by atoms with Gasteiger partial charge < -0.3 is 18.9 Å². The van der Waals surface area contributed by atoms with Crippen molar-refractivity contribution in [3.05, 3.63) is 47.4 Å². The molecular weight excluding hydrogens is 377 g/mol. The molecular formula is C21H20FN3O4. The molecule has 4 heterocycles. The summed E-state index contributed by atoms with van der Waals surface area (Å²) in [5.74, 6) is -0.989. The van der Waals surface area contributed by atoms with Crippen LogP contribution in [0.15, 0.2) is 34.9 Å². The molecule has 0 radical (unpaired) electrons. The molecule has 0 unspecified atom stereocenters. The number of halogens is 1. The van der Waals surface area contributed by atoms with E-state index in [1.54, 1.807) is 30.0 Å². The first kappa shape index (κ1) is 18.2. The first-order chi connectivity index (χ1) is 14.0. The fraction of sp³-hybridized carbons (Fsp3) is 0.381. The second-order valence-electron chi connectivity index (χ2n) is 7.41. The number of hydrogen-bond donors (Lipinski definition) is 0. The number of aryl methyl sites for hydroxylation is 1. The Morgan fingerprint density at radius 1 is 1.14 bits per heavy atom. The Kier molecular flexibility index (Phi) is 4.33. The molecule has 1 aromatic carbocycles. The van der Waals surface area contributed by atoms with Crippen LogP contribution in [0, 0.1) is 12.7 Å². The van der Waals surface area contributed by atoms with Crippen molar-refractivity contribution in [1.29, 1.82) is 0 Å². The van der Waals surface area contributed by atoms with Crippen molar-refractivity contribution in [3.63, 3.8) is 0 Å². The third-order valence-corrected chi connectivity index (χ3v) is 5.61. The van der Waals surface area contributed by atoms with E-state index in [2.05, 4.69) is 10.1 Å². The van der Waals surface area contributed by atoms with Crippen LogP contribution in [0.3, 0.4) is 0 Å². The maximum atomic E-state index is 13.4. The van der Waals surface area contributed by atoms with E-state index in [1.165, 1.54) is 12.1 Å². The molecule has 29 heavy (non-hydrogen) atoms. The van der Waals surface area contributed by atoms with Crippen molar-refractivity contribution in [1.82, 2.24) is 15.0 Å². The lowest BCUT2D eigenvalue weighted by Gasteiger charge is -2.37. The van der Waals surface area contributed by atoms with Crippen LogP contribution in [0.4, 0.5) is 4.39 Å². The highest BCUT2D eigenvalue weighted by molar-refractivity contribution is 6.07. The Morgan fingerprint density at radius 2 is 1.83 bits per heavy atom. The second-order valence-corrected chi connectivity index (χ2v) is 7.41. The number of amides is 1. The van der Waals surface area contributed by atoms with Gasteiger partial charge in [0.25, 0.3) is 11.6 Å². The molecule has 0 aliphatic carbocycles. The SMILES string of the molecule is Cc1noc2nc(-c3ccc(F)cc3)cc(C(=O)N3CCC4(CC3)OCCO4)c12. The molecule has 8 heteroatoms. The summed E-state index contributed by atoms with van der Waals surface area (Å²) in [7, 11) is 0. The van der Waals surface area contributed by atoms with Crippen molar-refractivity contribution in [2.75, 3.05) is 26.3 Å². The Labute approximate surface area is 166 Å². The van der Waals surface area contributed by atoms with E-state index in [9.17, 15) is 9.18 Å². The van der Waals surface area contributed by atoms with Gasteiger partial charge in [-0.05, 0) is 37.3 Å². The third kappa shape index (κ3) is 3.18. The molecule has 2 fully saturated rings. The zero-order valence-electron chi connectivity index (χ0n) is 16.0. The molecule has 2 saturated heterocycles. The fourth-order valence-corrected chi connectivity index (χ4v) is 4.04. The normalized spacial score (nSPS) is 18.6. The lowest BCUT2D eigenvalue weighted by molar-refractivity contribution is -0.181. The second kappa shape index (κ2) is 6.89. The summed E-state index contributed by atoms with van der Waals surface area (Å²) in [6.45, 7) is 4.06. The number of aromatic nitrogens is 2. The van der Waals surface area contributed by atoms with Gasteiger partial charge in [0.1, 0.15) is 5.82 Å². The highest BCUT2D eigenvalue weighted by atomic mass is 19.1. The molecule has 2 aromatic heterocycles. The number of piperidine rings is 1. The molecule has 0 bridgehead atoms. The minimum absolute atomic E-state index is 0.111. The number of likely N-dealkylation sites (tertiary alicyclic amines) is 1. The van der Waals surface area contributed by atoms with Crippen molar-refractivity contribution in [2.24, 2.45) is 0 Å². The van der Waals surface area contributed by atoms with Crippen LogP contribution >= 0.6 is 0 Å². The maximum Gasteiger partial charge on any atom is 0.259 e. The largest absolute Gasteiger partial charge is 0.347 e. The summed E-state index contributed by atoms with van der Waals surface area (Å²) in [5, 5.41) is 4.59. The summed E-state index contributed by atoms with van der Waals surface area (Å²) in [6, 6.07) is 7.70. The van der Waals surface area contributed by atoms with Gasteiger partial charge in [0.2, 0.25) is 0 Å². The Morgan fingerprint density at radius 3 is 2.52 bits per heavy atom. The molecule has 2 aliphatic heterocycles. The van der Waals surface area contributed by atoms with Crippen LogP contribution in [-0.4, -0.2) is 53.0 Å². The number of hydrogen-bond acceptors (Lipinski definition) is 6. The average molecular weight is 397 g/mol. The van der Waals surface area contributed by atoms with Crippen molar-refractivity contribution in [3.8, 4) is 11.3 Å². The number of fused-ring (bicyclic) bond motifs is 1. The van der Waals surface area contributed by atoms with Crippen LogP contribution in [0.25, 0.3) is 22.4 Å². The monoisotopic (exact) mass is 397 g/mol. The number of nitrogens with zero attached hydrogens (tertiary/aromatic N) is 3. The number of carbonyl (C=O) groups excluding carboxylic acids is 1. The summed E-state index contributed by atoms with van der Waals surface area (Å²) >= 11 is 0. The molecule has 0 atom stereocenters. The number of rotatable bonds is 2. The molecule has 2 aliphatic rings. The topological polar surface area (TPSA) is 77.7 Å². The number of ether oxygens (including phenoxy) is 2. The van der Waals surface area contributed by atoms with E-state index in [0.717, 1.165) is 0 Å². The number of pyridine rings is 1.